The van der Waals surface area contributed by atoms with E-state index < -0.39 is 0 Å². The molecule has 0 atom stereocenters. The number of carbonyl (C=O) groups is 2. The van der Waals surface area contributed by atoms with Gasteiger partial charge in [0.15, 0.2) is 0 Å². The molecule has 0 saturated carbocycles. The Hall–Kier alpha value is 0.750. The predicted molar refractivity (Wildman–Crippen MR) is 84.6 cm³/mol. The lowest BCUT2D eigenvalue weighted by atomic mass is 10.7. The lowest BCUT2D eigenvalue weighted by Gasteiger charge is -2.10. The van der Waals surface area contributed by atoms with Crippen LogP contribution in [0, 0.1) is 0 Å². The van der Waals surface area contributed by atoms with Gasteiger partial charge in [0.05, 0.1) is 24.9 Å². The van der Waals surface area contributed by atoms with Crippen molar-refractivity contribution in [3.05, 3.63) is 0 Å². The van der Waals surface area contributed by atoms with E-state index in [-0.39, 0.29) is 23.0 Å². The van der Waals surface area contributed by atoms with E-state index in [4.69, 9.17) is 0 Å². The average Bonchev–Trinajstić information content (AvgIpc) is 2.37. The molecule has 6 nitrogen and oxygen atoms in total. The molecule has 0 aromatic carbocycles. The van der Waals surface area contributed by atoms with Gasteiger partial charge in [0.2, 0.25) is 4.69 Å². The zero-order chi connectivity index (χ0) is 14.3. The number of alkyl halides is 2. The second kappa shape index (κ2) is 22.9. The summed E-state index contributed by atoms with van der Waals surface area (Å²) in [4.78, 5) is 29.0. The molecule has 0 aliphatic carbocycles. The van der Waals surface area contributed by atoms with Gasteiger partial charge in [0.25, 0.3) is 5.91 Å². The molecule has 0 unspecified atom stereocenters. The largest absolute Gasteiger partial charge is 0.305 e. The number of hydroxylamine groups is 3. The number of rotatable bonds is 4. The van der Waals surface area contributed by atoms with Gasteiger partial charge >= 0.3 is 0 Å². The molecule has 0 bridgehead atoms. The van der Waals surface area contributed by atoms with Crippen molar-refractivity contribution < 1.29 is 19.3 Å². The van der Waals surface area contributed by atoms with E-state index in [1.807, 2.05) is 0 Å². The molecule has 0 radical (unpaired) electrons. The molecule has 10 heteroatoms. The summed E-state index contributed by atoms with van der Waals surface area (Å²) in [6.45, 7) is 0. The number of amides is 1. The molecule has 18 heavy (non-hydrogen) atoms. The molecular weight excluding hydrogens is 463 g/mol. The van der Waals surface area contributed by atoms with Crippen LogP contribution in [-0.4, -0.2) is 54.6 Å². The van der Waals surface area contributed by atoms with Crippen LogP contribution in [-0.2, 0) is 19.3 Å². The van der Waals surface area contributed by atoms with Crippen molar-refractivity contribution in [2.45, 2.75) is 0 Å². The fraction of sp³-hybridized carbons (Fsp3) is 0.750. The second-order valence-corrected chi connectivity index (χ2v) is 4.11. The minimum atomic E-state index is -0.0903. The summed E-state index contributed by atoms with van der Waals surface area (Å²) >= 11 is 8.59. The first-order chi connectivity index (χ1) is 7.90. The molecule has 0 aliphatic rings. The van der Waals surface area contributed by atoms with Gasteiger partial charge in [0.1, 0.15) is 0 Å². The summed E-state index contributed by atoms with van der Waals surface area (Å²) in [6.07, 6.45) is 0. The molecular formula is C8H18Br3ClN2O4. The van der Waals surface area contributed by atoms with E-state index in [2.05, 4.69) is 62.9 Å². The van der Waals surface area contributed by atoms with Crippen LogP contribution in [0.2, 0.25) is 0 Å². The van der Waals surface area contributed by atoms with Gasteiger partial charge in [-0.25, -0.2) is 10.5 Å². The molecule has 1 amide bonds. The summed E-state index contributed by atoms with van der Waals surface area (Å²) < 4.78 is -0.0162. The standard InChI is InChI=1S/C4H8BrNO2.C2H2Br2O.C2H7NO.ClH/c1-6(8-2)4(7)3-5;3-1-2(4)5;1-3-4-2;/h3H2,1-2H3;1H2;3H,1-2H3;1H. The maximum atomic E-state index is 10.5. The number of hydrogen-bond donors (Lipinski definition) is 1. The maximum Gasteiger partial charge on any atom is 0.256 e. The van der Waals surface area contributed by atoms with Gasteiger partial charge in [-0.1, -0.05) is 31.9 Å². The first-order valence-corrected chi connectivity index (χ1v) is 7.25. The number of hydrogen-bond acceptors (Lipinski definition) is 5. The Kier molecular flexibility index (Phi) is 34.5. The van der Waals surface area contributed by atoms with E-state index in [1.54, 1.807) is 21.2 Å². The summed E-state index contributed by atoms with van der Waals surface area (Å²) in [5.41, 5.74) is 2.43. The Labute approximate surface area is 139 Å². The van der Waals surface area contributed by atoms with Crippen molar-refractivity contribution in [1.29, 1.82) is 0 Å². The summed E-state index contributed by atoms with van der Waals surface area (Å²) in [5, 5.41) is 1.86. The third kappa shape index (κ3) is 30.1. The monoisotopic (exact) mass is 478 g/mol. The number of halogens is 4. The molecule has 0 spiro atoms. The van der Waals surface area contributed by atoms with Crippen molar-refractivity contribution in [2.24, 2.45) is 0 Å². The van der Waals surface area contributed by atoms with Crippen LogP contribution in [0.4, 0.5) is 0 Å². The predicted octanol–water partition coefficient (Wildman–Crippen LogP) is 1.89. The van der Waals surface area contributed by atoms with Crippen molar-refractivity contribution >= 4 is 70.8 Å². The van der Waals surface area contributed by atoms with Crippen LogP contribution in [0.15, 0.2) is 0 Å². The molecule has 0 fully saturated rings. The molecule has 112 valence electrons. The maximum absolute atomic E-state index is 10.5. The van der Waals surface area contributed by atoms with Gasteiger partial charge in [-0.3, -0.25) is 14.4 Å². The molecule has 0 aromatic heterocycles. The van der Waals surface area contributed by atoms with Crippen LogP contribution >= 0.6 is 60.2 Å². The smallest absolute Gasteiger partial charge is 0.256 e. The number of nitrogens with one attached hydrogen (secondary N) is 1. The number of nitrogens with zero attached hydrogens (tertiary/aromatic N) is 1. The van der Waals surface area contributed by atoms with E-state index in [1.165, 1.54) is 7.11 Å². The van der Waals surface area contributed by atoms with Crippen LogP contribution in [0.3, 0.4) is 0 Å². The SMILES string of the molecule is CNOC.CON(C)C(=O)CBr.Cl.O=C(Br)CBr. The Morgan fingerprint density at radius 2 is 1.56 bits per heavy atom. The van der Waals surface area contributed by atoms with E-state index in [0.29, 0.717) is 10.7 Å². The van der Waals surface area contributed by atoms with Crippen molar-refractivity contribution in [3.8, 4) is 0 Å². The molecule has 0 aromatic rings. The summed E-state index contributed by atoms with van der Waals surface area (Å²) in [6, 6.07) is 0. The quantitative estimate of drug-likeness (QED) is 0.378. The molecule has 0 aliphatic heterocycles. The zero-order valence-corrected chi connectivity index (χ0v) is 16.1. The minimum absolute atomic E-state index is 0. The minimum Gasteiger partial charge on any atom is -0.305 e. The number of carbonyl (C=O) groups excluding carboxylic acids is 2. The molecule has 1 N–H and O–H groups in total. The van der Waals surface area contributed by atoms with Gasteiger partial charge in [-0.05, 0) is 15.9 Å². The van der Waals surface area contributed by atoms with Crippen molar-refractivity contribution in [1.82, 2.24) is 10.5 Å². The highest BCUT2D eigenvalue weighted by molar-refractivity contribution is 9.19. The molecule has 0 heterocycles. The first kappa shape index (κ1) is 27.2. The fourth-order valence-corrected chi connectivity index (χ4v) is 0.539. The molecule has 0 saturated heterocycles. The van der Waals surface area contributed by atoms with Crippen LogP contribution < -0.4 is 5.48 Å². The summed E-state index contributed by atoms with van der Waals surface area (Å²) in [7, 11) is 6.28. The second-order valence-electron chi connectivity index (χ2n) is 2.10. The average molecular weight is 481 g/mol. The van der Waals surface area contributed by atoms with E-state index in [9.17, 15) is 9.59 Å². The third-order valence-electron chi connectivity index (χ3n) is 1.05. The van der Waals surface area contributed by atoms with Crippen LogP contribution in [0.1, 0.15) is 0 Å². The zero-order valence-electron chi connectivity index (χ0n) is 10.5. The molecule has 0 rings (SSSR count). The lowest BCUT2D eigenvalue weighted by molar-refractivity contribution is -0.165. The Morgan fingerprint density at radius 1 is 1.22 bits per heavy atom. The van der Waals surface area contributed by atoms with Crippen molar-refractivity contribution in [3.63, 3.8) is 0 Å². The van der Waals surface area contributed by atoms with Gasteiger partial charge in [-0.2, -0.15) is 0 Å². The lowest BCUT2D eigenvalue weighted by Crippen LogP contribution is -2.25. The third-order valence-corrected chi connectivity index (χ3v) is 3.07. The van der Waals surface area contributed by atoms with E-state index >= 15 is 0 Å². The Morgan fingerprint density at radius 3 is 1.61 bits per heavy atom. The van der Waals surface area contributed by atoms with Gasteiger partial charge in [0, 0.05) is 14.1 Å². The Bertz CT molecular complexity index is 199. The highest BCUT2D eigenvalue weighted by Crippen LogP contribution is 1.88. The highest BCUT2D eigenvalue weighted by atomic mass is 79.9. The topological polar surface area (TPSA) is 67.9 Å². The van der Waals surface area contributed by atoms with E-state index in [0.717, 1.165) is 5.06 Å². The van der Waals surface area contributed by atoms with Gasteiger partial charge in [-0.15, -0.1) is 12.4 Å². The van der Waals surface area contributed by atoms with Gasteiger partial charge < -0.3 is 4.84 Å². The normalized spacial score (nSPS) is 7.72. The van der Waals surface area contributed by atoms with Crippen LogP contribution in [0.5, 0.6) is 0 Å². The Balaban J connectivity index is -0.0000000855. The highest BCUT2D eigenvalue weighted by Gasteiger charge is 2.02. The summed E-state index contributed by atoms with van der Waals surface area (Å²) in [5.74, 6) is -0.0903. The van der Waals surface area contributed by atoms with Crippen molar-refractivity contribution in [2.75, 3.05) is 39.0 Å². The first-order valence-electron chi connectivity index (χ1n) is 4.21. The fourth-order valence-electron chi connectivity index (χ4n) is 0.186. The van der Waals surface area contributed by atoms with Crippen LogP contribution in [0.25, 0.3) is 0 Å².